The highest BCUT2D eigenvalue weighted by Crippen LogP contribution is 2.46. The van der Waals surface area contributed by atoms with Gasteiger partial charge in [0.2, 0.25) is 17.4 Å². The van der Waals surface area contributed by atoms with Crippen LogP contribution in [0.4, 0.5) is 33.7 Å². The zero-order chi connectivity index (χ0) is 43.4. The minimum atomic E-state index is -4.80. The first-order valence-corrected chi connectivity index (χ1v) is 21.0. The van der Waals surface area contributed by atoms with Gasteiger partial charge in [-0.15, -0.1) is 0 Å². The predicted octanol–water partition coefficient (Wildman–Crippen LogP) is 7.54. The molecule has 3 aliphatic rings. The second-order valence-electron chi connectivity index (χ2n) is 15.8. The Morgan fingerprint density at radius 2 is 1.52 bits per heavy atom. The molecule has 1 heterocycles. The van der Waals surface area contributed by atoms with Gasteiger partial charge in [0, 0.05) is 43.1 Å². The molecular weight excluding hydrogens is 801 g/mol. The summed E-state index contributed by atoms with van der Waals surface area (Å²) in [6.07, 6.45) is 1.94. The number of nitrogens with one attached hydrogen (secondary N) is 2. The molecule has 2 atom stereocenters. The number of benzene rings is 3. The van der Waals surface area contributed by atoms with Crippen molar-refractivity contribution in [3.8, 4) is 0 Å². The second kappa shape index (κ2) is 21.1. The fourth-order valence-corrected chi connectivity index (χ4v) is 7.98. The van der Waals surface area contributed by atoms with Crippen LogP contribution in [-0.2, 0) is 58.3 Å². The number of hydrogen-bond acceptors (Lipinski definition) is 9. The molecule has 3 aromatic carbocycles. The molecule has 330 valence electrons. The van der Waals surface area contributed by atoms with Crippen molar-refractivity contribution < 1.29 is 55.7 Å². The Balaban J connectivity index is 0.904. The molecule has 1 saturated carbocycles. The van der Waals surface area contributed by atoms with E-state index in [0.717, 1.165) is 54.8 Å². The normalized spacial score (nSPS) is 18.1. The summed E-state index contributed by atoms with van der Waals surface area (Å²) in [5.74, 6) is -1.86. The van der Waals surface area contributed by atoms with Crippen molar-refractivity contribution in [3.63, 3.8) is 0 Å². The van der Waals surface area contributed by atoms with E-state index in [4.69, 9.17) is 18.9 Å². The maximum absolute atomic E-state index is 13.8. The van der Waals surface area contributed by atoms with Crippen LogP contribution >= 0.6 is 0 Å². The lowest BCUT2D eigenvalue weighted by molar-refractivity contribution is -0.187. The second-order valence-corrected chi connectivity index (χ2v) is 15.8. The lowest BCUT2D eigenvalue weighted by Gasteiger charge is -2.31. The number of carbonyl (C=O) groups excluding carboxylic acids is 4. The third kappa shape index (κ3) is 12.3. The lowest BCUT2D eigenvalue weighted by Crippen LogP contribution is -2.51. The number of nitrogens with zero attached hydrogens (tertiary/aromatic N) is 2. The Morgan fingerprint density at radius 3 is 2.21 bits per heavy atom. The molecule has 16 heteroatoms. The van der Waals surface area contributed by atoms with Crippen LogP contribution in [-0.4, -0.2) is 98.6 Å². The van der Waals surface area contributed by atoms with Gasteiger partial charge in [-0.1, -0.05) is 56.0 Å². The van der Waals surface area contributed by atoms with Crippen molar-refractivity contribution in [2.75, 3.05) is 63.4 Å². The van der Waals surface area contributed by atoms with Crippen LogP contribution in [0.15, 0.2) is 66.7 Å². The summed E-state index contributed by atoms with van der Waals surface area (Å²) in [5.41, 5.74) is 2.24. The molecule has 2 fully saturated rings. The quantitative estimate of drug-likeness (QED) is 0.0777. The number of carbonyl (C=O) groups is 4. The first-order valence-electron chi connectivity index (χ1n) is 21.0. The molecule has 3 aromatic rings. The van der Waals surface area contributed by atoms with Crippen molar-refractivity contribution in [1.82, 2.24) is 9.80 Å². The van der Waals surface area contributed by atoms with Crippen LogP contribution in [0.5, 0.6) is 0 Å². The molecule has 1 aliphatic heterocycles. The molecule has 4 amide bonds. The van der Waals surface area contributed by atoms with Crippen LogP contribution in [0.3, 0.4) is 0 Å². The van der Waals surface area contributed by atoms with Gasteiger partial charge in [0.25, 0.3) is 5.91 Å². The number of fused-ring (bicyclic) bond motifs is 2. The predicted molar refractivity (Wildman–Crippen MR) is 218 cm³/mol. The van der Waals surface area contributed by atoms with E-state index in [1.165, 1.54) is 37.8 Å². The average Bonchev–Trinajstić information content (AvgIpc) is 3.95. The summed E-state index contributed by atoms with van der Waals surface area (Å²) in [5, 5.41) is 6.24. The van der Waals surface area contributed by atoms with E-state index in [9.17, 15) is 36.7 Å². The van der Waals surface area contributed by atoms with Gasteiger partial charge in [-0.2, -0.15) is 13.2 Å². The monoisotopic (exact) mass is 854 g/mol. The largest absolute Gasteiger partial charge is 0.427 e. The van der Waals surface area contributed by atoms with E-state index < -0.39 is 54.6 Å². The molecule has 6 rings (SSSR count). The Hall–Kier alpha value is -5.06. The van der Waals surface area contributed by atoms with Crippen LogP contribution in [0.25, 0.3) is 0 Å². The SMILES string of the molecule is C[C@H](N(Cc1ccc(F)cc1)C(=O)CN1C(=O)O[C@@]2(CCc3cc(NCCc4ccc(NC(=O)CCOCCOCCOCCC5CCCC5)cc4)ccc32)C1=O)C(F)(F)F. The van der Waals surface area contributed by atoms with Crippen molar-refractivity contribution >= 4 is 35.2 Å². The fraction of sp³-hybridized carbons (Fsp3) is 0.511. The molecule has 2 N–H and O–H groups in total. The highest BCUT2D eigenvalue weighted by Gasteiger charge is 2.58. The topological polar surface area (TPSA) is 136 Å². The molecule has 0 radical (unpaired) electrons. The number of amides is 4. The molecule has 2 aliphatic carbocycles. The van der Waals surface area contributed by atoms with Gasteiger partial charge in [-0.05, 0) is 85.2 Å². The van der Waals surface area contributed by atoms with Crippen LogP contribution < -0.4 is 10.6 Å². The summed E-state index contributed by atoms with van der Waals surface area (Å²) in [6, 6.07) is 15.2. The van der Waals surface area contributed by atoms with Crippen LogP contribution in [0.2, 0.25) is 0 Å². The first kappa shape index (κ1) is 45.5. The van der Waals surface area contributed by atoms with Crippen molar-refractivity contribution in [1.29, 1.82) is 0 Å². The Labute approximate surface area is 353 Å². The number of imide groups is 1. The number of halogens is 4. The Bertz CT molecular complexity index is 1960. The Kier molecular flexibility index (Phi) is 15.8. The van der Waals surface area contributed by atoms with Gasteiger partial charge < -0.3 is 34.5 Å². The lowest BCUT2D eigenvalue weighted by atomic mass is 9.94. The number of alkyl halides is 3. The van der Waals surface area contributed by atoms with Gasteiger partial charge in [0.05, 0.1) is 39.5 Å². The van der Waals surface area contributed by atoms with E-state index in [0.29, 0.717) is 66.9 Å². The summed E-state index contributed by atoms with van der Waals surface area (Å²) in [6.45, 7) is 2.93. The van der Waals surface area contributed by atoms with Gasteiger partial charge in [-0.25, -0.2) is 14.1 Å². The molecule has 0 bridgehead atoms. The molecule has 12 nitrogen and oxygen atoms in total. The summed E-state index contributed by atoms with van der Waals surface area (Å²) in [4.78, 5) is 53.6. The maximum Gasteiger partial charge on any atom is 0.418 e. The van der Waals surface area contributed by atoms with Crippen molar-refractivity contribution in [3.05, 3.63) is 94.8 Å². The highest BCUT2D eigenvalue weighted by atomic mass is 19.4. The summed E-state index contributed by atoms with van der Waals surface area (Å²) >= 11 is 0. The van der Waals surface area contributed by atoms with Gasteiger partial charge in [-0.3, -0.25) is 14.4 Å². The van der Waals surface area contributed by atoms with E-state index in [-0.39, 0.29) is 30.9 Å². The maximum atomic E-state index is 13.8. The number of anilines is 2. The van der Waals surface area contributed by atoms with E-state index in [1.54, 1.807) is 12.1 Å². The third-order valence-electron chi connectivity index (χ3n) is 11.5. The van der Waals surface area contributed by atoms with Crippen molar-refractivity contribution in [2.24, 2.45) is 5.92 Å². The number of rotatable bonds is 22. The molecule has 0 aromatic heterocycles. The fourth-order valence-electron chi connectivity index (χ4n) is 7.98. The van der Waals surface area contributed by atoms with Crippen LogP contribution in [0.1, 0.15) is 74.1 Å². The third-order valence-corrected chi connectivity index (χ3v) is 11.5. The minimum absolute atomic E-state index is 0.112. The van der Waals surface area contributed by atoms with Crippen LogP contribution in [0, 0.1) is 11.7 Å². The molecule has 61 heavy (non-hydrogen) atoms. The Morgan fingerprint density at radius 1 is 0.885 bits per heavy atom. The zero-order valence-electron chi connectivity index (χ0n) is 34.4. The molecule has 1 spiro atoms. The molecule has 1 saturated heterocycles. The van der Waals surface area contributed by atoms with Gasteiger partial charge in [0.15, 0.2) is 0 Å². The summed E-state index contributed by atoms with van der Waals surface area (Å²) in [7, 11) is 0. The smallest absolute Gasteiger partial charge is 0.418 e. The molecule has 0 unspecified atom stereocenters. The van der Waals surface area contributed by atoms with E-state index in [1.807, 2.05) is 30.3 Å². The minimum Gasteiger partial charge on any atom is -0.427 e. The number of aryl methyl sites for hydroxylation is 1. The number of ether oxygens (including phenoxy) is 4. The van der Waals surface area contributed by atoms with Gasteiger partial charge >= 0.3 is 12.3 Å². The average molecular weight is 855 g/mol. The van der Waals surface area contributed by atoms with E-state index >= 15 is 0 Å². The van der Waals surface area contributed by atoms with Crippen molar-refractivity contribution in [2.45, 2.75) is 89.1 Å². The molecular formula is C45H54F4N4O8. The standard InChI is InChI=1S/C45H54F4N4O8/c1-31(45(47,48)49)52(29-34-6-10-36(46)11-7-34)41(55)30-53-42(56)44(61-43(53)57)20-16-35-28-38(14-15-39(35)44)50-21-17-33-8-12-37(13-9-33)51-40(54)19-23-59-25-27-60-26-24-58-22-18-32-4-2-3-5-32/h6-15,28,31-32,50H,2-5,16-27,29-30H2,1H3,(H,51,54)/t31-,44+/m0/s1. The summed E-state index contributed by atoms with van der Waals surface area (Å²) < 4.78 is 77.2. The highest BCUT2D eigenvalue weighted by molar-refractivity contribution is 6.06. The first-order chi connectivity index (χ1) is 29.3. The van der Waals surface area contributed by atoms with E-state index in [2.05, 4.69) is 10.6 Å². The number of hydrogen-bond donors (Lipinski definition) is 2. The van der Waals surface area contributed by atoms with Gasteiger partial charge in [0.1, 0.15) is 18.4 Å². The zero-order valence-corrected chi connectivity index (χ0v) is 34.4.